The number of halogens is 1. The Balaban J connectivity index is 1.90. The molecule has 0 spiro atoms. The third-order valence-corrected chi connectivity index (χ3v) is 5.47. The molecule has 0 atom stereocenters. The maximum Gasteiger partial charge on any atom is 0.175 e. The second kappa shape index (κ2) is 10.7. The molecule has 0 saturated carbocycles. The summed E-state index contributed by atoms with van der Waals surface area (Å²) < 4.78 is 23.0. The van der Waals surface area contributed by atoms with E-state index in [2.05, 4.69) is 34.1 Å². The van der Waals surface area contributed by atoms with Crippen molar-refractivity contribution in [3.63, 3.8) is 0 Å². The van der Waals surface area contributed by atoms with Crippen molar-refractivity contribution in [1.29, 1.82) is 5.26 Å². The molecule has 0 fully saturated rings. The van der Waals surface area contributed by atoms with E-state index in [4.69, 9.17) is 18.9 Å². The van der Waals surface area contributed by atoms with Gasteiger partial charge in [0.15, 0.2) is 23.0 Å². The van der Waals surface area contributed by atoms with Gasteiger partial charge in [-0.05, 0) is 76.0 Å². The van der Waals surface area contributed by atoms with Gasteiger partial charge in [-0.1, -0.05) is 29.8 Å². The molecule has 0 amide bonds. The largest absolute Gasteiger partial charge is 0.493 e. The lowest BCUT2D eigenvalue weighted by Gasteiger charge is -2.14. The first-order chi connectivity index (χ1) is 15.5. The molecule has 0 aliphatic rings. The molecule has 164 valence electrons. The number of ether oxygens (including phenoxy) is 4. The summed E-state index contributed by atoms with van der Waals surface area (Å²) in [4.78, 5) is 0. The summed E-state index contributed by atoms with van der Waals surface area (Å²) in [5.74, 6) is 2.34. The van der Waals surface area contributed by atoms with Crippen molar-refractivity contribution in [2.24, 2.45) is 0 Å². The lowest BCUT2D eigenvalue weighted by atomic mass is 10.0. The molecule has 0 saturated heterocycles. The van der Waals surface area contributed by atoms with Gasteiger partial charge < -0.3 is 18.9 Å². The molecule has 0 aliphatic carbocycles. The van der Waals surface area contributed by atoms with Gasteiger partial charge in [0.25, 0.3) is 0 Å². The SMILES string of the molecule is COc1ccc(/C(C#N)=C/c2cc(Br)c(OCc3ccc(C)cc3)c(OC)c2)cc1OC. The Morgan fingerprint density at radius 2 is 1.59 bits per heavy atom. The summed E-state index contributed by atoms with van der Waals surface area (Å²) in [6.07, 6.45) is 1.79. The molecule has 3 aromatic carbocycles. The highest BCUT2D eigenvalue weighted by molar-refractivity contribution is 9.10. The second-order valence-electron chi connectivity index (χ2n) is 7.05. The van der Waals surface area contributed by atoms with Crippen molar-refractivity contribution in [2.45, 2.75) is 13.5 Å². The molecule has 0 radical (unpaired) electrons. The summed E-state index contributed by atoms with van der Waals surface area (Å²) in [5, 5.41) is 9.75. The summed E-state index contributed by atoms with van der Waals surface area (Å²) >= 11 is 3.58. The van der Waals surface area contributed by atoms with Crippen molar-refractivity contribution >= 4 is 27.6 Å². The Bertz CT molecular complexity index is 1160. The number of benzene rings is 3. The predicted octanol–water partition coefficient (Wildman–Crippen LogP) is 6.43. The van der Waals surface area contributed by atoms with Gasteiger partial charge in [-0.3, -0.25) is 0 Å². The summed E-state index contributed by atoms with van der Waals surface area (Å²) in [6.45, 7) is 2.47. The topological polar surface area (TPSA) is 60.7 Å². The van der Waals surface area contributed by atoms with Crippen molar-refractivity contribution in [2.75, 3.05) is 21.3 Å². The highest BCUT2D eigenvalue weighted by Gasteiger charge is 2.13. The molecule has 3 aromatic rings. The highest BCUT2D eigenvalue weighted by Crippen LogP contribution is 2.38. The van der Waals surface area contributed by atoms with E-state index in [1.807, 2.05) is 37.3 Å². The molecule has 0 unspecified atom stereocenters. The molecule has 0 N–H and O–H groups in total. The Morgan fingerprint density at radius 3 is 2.22 bits per heavy atom. The molecule has 0 bridgehead atoms. The number of rotatable bonds is 8. The van der Waals surface area contributed by atoms with Crippen LogP contribution in [0.2, 0.25) is 0 Å². The predicted molar refractivity (Wildman–Crippen MR) is 129 cm³/mol. The van der Waals surface area contributed by atoms with Crippen LogP contribution in [-0.4, -0.2) is 21.3 Å². The number of hydrogen-bond donors (Lipinski definition) is 0. The van der Waals surface area contributed by atoms with Gasteiger partial charge in [-0.25, -0.2) is 0 Å². The number of methoxy groups -OCH3 is 3. The minimum atomic E-state index is 0.416. The first-order valence-electron chi connectivity index (χ1n) is 9.89. The van der Waals surface area contributed by atoms with E-state index < -0.39 is 0 Å². The number of allylic oxidation sites excluding steroid dienone is 1. The zero-order valence-electron chi connectivity index (χ0n) is 18.4. The minimum absolute atomic E-state index is 0.416. The molecule has 0 aliphatic heterocycles. The molecular weight excluding hydrogens is 470 g/mol. The zero-order chi connectivity index (χ0) is 23.1. The van der Waals surface area contributed by atoms with Crippen LogP contribution in [0.5, 0.6) is 23.0 Å². The van der Waals surface area contributed by atoms with Crippen LogP contribution in [0, 0.1) is 18.3 Å². The van der Waals surface area contributed by atoms with E-state index in [1.54, 1.807) is 39.5 Å². The number of nitrogens with zero attached hydrogens (tertiary/aromatic N) is 1. The van der Waals surface area contributed by atoms with Crippen LogP contribution in [0.1, 0.15) is 22.3 Å². The van der Waals surface area contributed by atoms with Gasteiger partial charge in [0.2, 0.25) is 0 Å². The summed E-state index contributed by atoms with van der Waals surface area (Å²) in [5.41, 5.74) is 4.26. The first kappa shape index (κ1) is 23.2. The first-order valence-corrected chi connectivity index (χ1v) is 10.7. The Hall–Kier alpha value is -3.43. The second-order valence-corrected chi connectivity index (χ2v) is 7.90. The van der Waals surface area contributed by atoms with Crippen molar-refractivity contribution in [1.82, 2.24) is 0 Å². The quantitative estimate of drug-likeness (QED) is 0.267. The maximum absolute atomic E-state index is 9.75. The van der Waals surface area contributed by atoms with Gasteiger partial charge in [-0.15, -0.1) is 0 Å². The highest BCUT2D eigenvalue weighted by atomic mass is 79.9. The monoisotopic (exact) mass is 493 g/mol. The minimum Gasteiger partial charge on any atom is -0.493 e. The van der Waals surface area contributed by atoms with Crippen LogP contribution in [0.25, 0.3) is 11.6 Å². The van der Waals surface area contributed by atoms with Crippen molar-refractivity contribution in [3.8, 4) is 29.1 Å². The van der Waals surface area contributed by atoms with Crippen LogP contribution < -0.4 is 18.9 Å². The third kappa shape index (κ3) is 5.43. The summed E-state index contributed by atoms with van der Waals surface area (Å²) in [7, 11) is 4.73. The lowest BCUT2D eigenvalue weighted by Crippen LogP contribution is -1.99. The van der Waals surface area contributed by atoms with Gasteiger partial charge in [0.1, 0.15) is 6.61 Å². The van der Waals surface area contributed by atoms with E-state index in [9.17, 15) is 5.26 Å². The molecule has 0 heterocycles. The fraction of sp³-hybridized carbons (Fsp3) is 0.192. The smallest absolute Gasteiger partial charge is 0.175 e. The van der Waals surface area contributed by atoms with E-state index in [0.29, 0.717) is 35.2 Å². The van der Waals surface area contributed by atoms with Gasteiger partial charge in [-0.2, -0.15) is 5.26 Å². The number of aryl methyl sites for hydroxylation is 1. The number of hydrogen-bond acceptors (Lipinski definition) is 5. The van der Waals surface area contributed by atoms with Crippen LogP contribution in [-0.2, 0) is 6.61 Å². The maximum atomic E-state index is 9.75. The standard InChI is InChI=1S/C26H24BrNO4/c1-17-5-7-18(8-6-17)16-32-26-22(27)12-19(13-25(26)31-4)11-21(15-28)20-9-10-23(29-2)24(14-20)30-3/h5-14H,16H2,1-4H3/b21-11+. The van der Waals surface area contributed by atoms with Crippen LogP contribution in [0.4, 0.5) is 0 Å². The van der Waals surface area contributed by atoms with Crippen LogP contribution in [0.3, 0.4) is 0 Å². The van der Waals surface area contributed by atoms with E-state index in [0.717, 1.165) is 21.2 Å². The Morgan fingerprint density at radius 1 is 0.906 bits per heavy atom. The fourth-order valence-electron chi connectivity index (χ4n) is 3.15. The van der Waals surface area contributed by atoms with E-state index in [-0.39, 0.29) is 0 Å². The molecule has 0 aromatic heterocycles. The Labute approximate surface area is 196 Å². The van der Waals surface area contributed by atoms with E-state index >= 15 is 0 Å². The van der Waals surface area contributed by atoms with Gasteiger partial charge in [0.05, 0.1) is 37.4 Å². The van der Waals surface area contributed by atoms with Gasteiger partial charge >= 0.3 is 0 Å². The lowest BCUT2D eigenvalue weighted by molar-refractivity contribution is 0.282. The molecule has 3 rings (SSSR count). The molecule has 32 heavy (non-hydrogen) atoms. The Kier molecular flexibility index (Phi) is 7.80. The average Bonchev–Trinajstić information content (AvgIpc) is 2.82. The van der Waals surface area contributed by atoms with Crippen LogP contribution in [0.15, 0.2) is 59.1 Å². The molecular formula is C26H24BrNO4. The van der Waals surface area contributed by atoms with Crippen molar-refractivity contribution < 1.29 is 18.9 Å². The van der Waals surface area contributed by atoms with E-state index in [1.165, 1.54) is 5.56 Å². The average molecular weight is 494 g/mol. The van der Waals surface area contributed by atoms with Crippen molar-refractivity contribution in [3.05, 3.63) is 81.3 Å². The normalized spacial score (nSPS) is 10.9. The molecule has 5 nitrogen and oxygen atoms in total. The molecule has 6 heteroatoms. The van der Waals surface area contributed by atoms with Gasteiger partial charge in [0, 0.05) is 0 Å². The summed E-state index contributed by atoms with van der Waals surface area (Å²) in [6, 6.07) is 19.5. The third-order valence-electron chi connectivity index (χ3n) is 4.88. The number of nitriles is 1. The van der Waals surface area contributed by atoms with Crippen LogP contribution >= 0.6 is 15.9 Å². The zero-order valence-corrected chi connectivity index (χ0v) is 20.0. The fourth-order valence-corrected chi connectivity index (χ4v) is 3.73.